The first kappa shape index (κ1) is 18.1. The Morgan fingerprint density at radius 1 is 1.19 bits per heavy atom. The largest absolute Gasteiger partial charge is 0.352 e. The first-order valence-electron chi connectivity index (χ1n) is 8.92. The number of benzene rings is 2. The molecule has 136 valence electrons. The molecule has 0 aliphatic carbocycles. The van der Waals surface area contributed by atoms with Crippen molar-refractivity contribution in [2.45, 2.75) is 26.7 Å². The van der Waals surface area contributed by atoms with Crippen LogP contribution in [-0.4, -0.2) is 22.0 Å². The number of nitrogens with one attached hydrogen (secondary N) is 1. The molecule has 0 atom stereocenters. The van der Waals surface area contributed by atoms with Gasteiger partial charge in [-0.2, -0.15) is 0 Å². The monoisotopic (exact) mass is 353 g/mol. The molecule has 1 N–H and O–H groups in total. The Labute approximate surface area is 153 Å². The highest BCUT2D eigenvalue weighted by atomic mass is 19.1. The molecule has 0 spiro atoms. The van der Waals surface area contributed by atoms with Crippen molar-refractivity contribution in [2.24, 2.45) is 13.0 Å². The molecule has 5 heteroatoms. The highest BCUT2D eigenvalue weighted by Crippen LogP contribution is 2.16. The van der Waals surface area contributed by atoms with E-state index in [1.54, 1.807) is 6.07 Å². The Bertz CT molecular complexity index is 913. The minimum absolute atomic E-state index is 0.0918. The van der Waals surface area contributed by atoms with Gasteiger partial charge in [-0.1, -0.05) is 26.0 Å². The molecule has 1 aromatic heterocycles. The van der Waals surface area contributed by atoms with Gasteiger partial charge in [0, 0.05) is 25.6 Å². The summed E-state index contributed by atoms with van der Waals surface area (Å²) in [6.07, 6.45) is 1.60. The Balaban J connectivity index is 1.59. The molecule has 1 heterocycles. The van der Waals surface area contributed by atoms with Crippen molar-refractivity contribution in [3.63, 3.8) is 0 Å². The van der Waals surface area contributed by atoms with Crippen molar-refractivity contribution in [1.29, 1.82) is 0 Å². The summed E-state index contributed by atoms with van der Waals surface area (Å²) in [5.74, 6) is 1.04. The summed E-state index contributed by atoms with van der Waals surface area (Å²) in [6.45, 7) is 4.83. The molecule has 0 aliphatic rings. The number of nitrogens with zero attached hydrogens (tertiary/aromatic N) is 2. The van der Waals surface area contributed by atoms with Crippen molar-refractivity contribution in [1.82, 2.24) is 14.9 Å². The van der Waals surface area contributed by atoms with Gasteiger partial charge in [0.1, 0.15) is 11.6 Å². The average Bonchev–Trinajstić information content (AvgIpc) is 2.91. The summed E-state index contributed by atoms with van der Waals surface area (Å²) < 4.78 is 15.2. The number of carbonyl (C=O) groups is 1. The van der Waals surface area contributed by atoms with E-state index in [4.69, 9.17) is 0 Å². The SMILES string of the molecule is CC(C)Cc1ccc(C(=O)NCCc2nc3ccc(F)cc3n2C)cc1. The van der Waals surface area contributed by atoms with Crippen LogP contribution in [-0.2, 0) is 19.9 Å². The second kappa shape index (κ2) is 7.68. The van der Waals surface area contributed by atoms with E-state index in [0.717, 1.165) is 23.3 Å². The topological polar surface area (TPSA) is 46.9 Å². The zero-order valence-corrected chi connectivity index (χ0v) is 15.4. The van der Waals surface area contributed by atoms with Crippen molar-refractivity contribution in [3.8, 4) is 0 Å². The fourth-order valence-corrected chi connectivity index (χ4v) is 3.09. The van der Waals surface area contributed by atoms with E-state index in [-0.39, 0.29) is 11.7 Å². The Morgan fingerprint density at radius 3 is 2.62 bits per heavy atom. The molecule has 26 heavy (non-hydrogen) atoms. The van der Waals surface area contributed by atoms with Crippen molar-refractivity contribution in [3.05, 3.63) is 65.2 Å². The van der Waals surface area contributed by atoms with Gasteiger partial charge in [0.25, 0.3) is 5.91 Å². The van der Waals surface area contributed by atoms with Crippen molar-refractivity contribution in [2.75, 3.05) is 6.54 Å². The average molecular weight is 353 g/mol. The fourth-order valence-electron chi connectivity index (χ4n) is 3.09. The molecule has 0 radical (unpaired) electrons. The molecule has 0 aliphatic heterocycles. The number of aromatic nitrogens is 2. The predicted molar refractivity (Wildman–Crippen MR) is 102 cm³/mol. The van der Waals surface area contributed by atoms with Gasteiger partial charge in [-0.05, 0) is 48.2 Å². The van der Waals surface area contributed by atoms with Gasteiger partial charge in [0.05, 0.1) is 11.0 Å². The molecule has 0 saturated heterocycles. The number of carbonyl (C=O) groups excluding carboxylic acids is 1. The van der Waals surface area contributed by atoms with Gasteiger partial charge in [-0.15, -0.1) is 0 Å². The lowest BCUT2D eigenvalue weighted by molar-refractivity contribution is 0.0954. The van der Waals surface area contributed by atoms with E-state index >= 15 is 0 Å². The molecule has 4 nitrogen and oxygen atoms in total. The number of halogens is 1. The molecule has 0 unspecified atom stereocenters. The zero-order chi connectivity index (χ0) is 18.7. The van der Waals surface area contributed by atoms with Crippen LogP contribution < -0.4 is 5.32 Å². The van der Waals surface area contributed by atoms with E-state index in [2.05, 4.69) is 24.1 Å². The fraction of sp³-hybridized carbons (Fsp3) is 0.333. The Kier molecular flexibility index (Phi) is 5.35. The lowest BCUT2D eigenvalue weighted by Gasteiger charge is -2.08. The summed E-state index contributed by atoms with van der Waals surface area (Å²) in [5, 5.41) is 2.92. The summed E-state index contributed by atoms with van der Waals surface area (Å²) in [7, 11) is 1.86. The van der Waals surface area contributed by atoms with Gasteiger partial charge in [0.2, 0.25) is 0 Å². The summed E-state index contributed by atoms with van der Waals surface area (Å²) in [5.41, 5.74) is 3.41. The maximum absolute atomic E-state index is 13.4. The molecule has 0 saturated carbocycles. The van der Waals surface area contributed by atoms with Crippen LogP contribution >= 0.6 is 0 Å². The third-order valence-electron chi connectivity index (χ3n) is 4.43. The standard InChI is InChI=1S/C21H24FN3O/c1-14(2)12-15-4-6-16(7-5-15)21(26)23-11-10-20-24-18-9-8-17(22)13-19(18)25(20)3/h4-9,13-14H,10-12H2,1-3H3,(H,23,26). The van der Waals surface area contributed by atoms with Crippen molar-refractivity contribution >= 4 is 16.9 Å². The van der Waals surface area contributed by atoms with Crippen LogP contribution in [0.2, 0.25) is 0 Å². The lowest BCUT2D eigenvalue weighted by atomic mass is 10.0. The number of amides is 1. The van der Waals surface area contributed by atoms with Crippen LogP contribution in [0.5, 0.6) is 0 Å². The third-order valence-corrected chi connectivity index (χ3v) is 4.43. The first-order valence-corrected chi connectivity index (χ1v) is 8.92. The van der Waals surface area contributed by atoms with E-state index < -0.39 is 0 Å². The van der Waals surface area contributed by atoms with E-state index in [0.29, 0.717) is 24.4 Å². The van der Waals surface area contributed by atoms with Crippen LogP contribution in [0, 0.1) is 11.7 Å². The highest BCUT2D eigenvalue weighted by Gasteiger charge is 2.10. The number of hydrogen-bond acceptors (Lipinski definition) is 2. The number of fused-ring (bicyclic) bond motifs is 1. The molecule has 1 amide bonds. The van der Waals surface area contributed by atoms with Gasteiger partial charge in [-0.3, -0.25) is 4.79 Å². The van der Waals surface area contributed by atoms with E-state index in [1.165, 1.54) is 17.7 Å². The first-order chi connectivity index (χ1) is 12.4. The van der Waals surface area contributed by atoms with Gasteiger partial charge < -0.3 is 9.88 Å². The van der Waals surface area contributed by atoms with Crippen LogP contribution in [0.3, 0.4) is 0 Å². The second-order valence-electron chi connectivity index (χ2n) is 7.02. The predicted octanol–water partition coefficient (Wildman–Crippen LogP) is 3.88. The quantitative estimate of drug-likeness (QED) is 0.731. The molecule has 3 rings (SSSR count). The summed E-state index contributed by atoms with van der Waals surface area (Å²) >= 11 is 0. The van der Waals surface area contributed by atoms with Gasteiger partial charge >= 0.3 is 0 Å². The maximum Gasteiger partial charge on any atom is 0.251 e. The Hall–Kier alpha value is -2.69. The van der Waals surface area contributed by atoms with Crippen LogP contribution in [0.1, 0.15) is 35.6 Å². The number of hydrogen-bond donors (Lipinski definition) is 1. The smallest absolute Gasteiger partial charge is 0.251 e. The lowest BCUT2D eigenvalue weighted by Crippen LogP contribution is -2.26. The van der Waals surface area contributed by atoms with Crippen LogP contribution in [0.15, 0.2) is 42.5 Å². The van der Waals surface area contributed by atoms with Gasteiger partial charge in [0.15, 0.2) is 0 Å². The molecule has 0 fully saturated rings. The molecule has 3 aromatic rings. The number of imidazole rings is 1. The zero-order valence-electron chi connectivity index (χ0n) is 15.4. The molecule has 0 bridgehead atoms. The summed E-state index contributed by atoms with van der Waals surface area (Å²) in [4.78, 5) is 16.8. The highest BCUT2D eigenvalue weighted by molar-refractivity contribution is 5.94. The van der Waals surface area contributed by atoms with Gasteiger partial charge in [-0.25, -0.2) is 9.37 Å². The number of aryl methyl sites for hydroxylation is 1. The molecular formula is C21H24FN3O. The van der Waals surface area contributed by atoms with Crippen LogP contribution in [0.25, 0.3) is 11.0 Å². The minimum Gasteiger partial charge on any atom is -0.352 e. The minimum atomic E-state index is -0.277. The molecular weight excluding hydrogens is 329 g/mol. The van der Waals surface area contributed by atoms with E-state index in [9.17, 15) is 9.18 Å². The van der Waals surface area contributed by atoms with Crippen molar-refractivity contribution < 1.29 is 9.18 Å². The normalized spacial score (nSPS) is 11.3. The van der Waals surface area contributed by atoms with E-state index in [1.807, 2.05) is 35.9 Å². The third kappa shape index (κ3) is 4.10. The number of rotatable bonds is 6. The Morgan fingerprint density at radius 2 is 1.92 bits per heavy atom. The van der Waals surface area contributed by atoms with Crippen LogP contribution in [0.4, 0.5) is 4.39 Å². The second-order valence-corrected chi connectivity index (χ2v) is 7.02. The maximum atomic E-state index is 13.4. The molecule has 2 aromatic carbocycles. The summed E-state index contributed by atoms with van der Waals surface area (Å²) in [6, 6.07) is 12.3.